The number of alkyl halides is 3. The van der Waals surface area contributed by atoms with Gasteiger partial charge in [-0.1, -0.05) is 31.4 Å². The van der Waals surface area contributed by atoms with E-state index in [1.165, 1.54) is 18.2 Å². The highest BCUT2D eigenvalue weighted by molar-refractivity contribution is 7.90. The zero-order valence-corrected chi connectivity index (χ0v) is 24.6. The topological polar surface area (TPSA) is 113 Å². The highest BCUT2D eigenvalue weighted by atomic mass is 35.5. The minimum atomic E-state index is -4.65. The molecule has 0 saturated carbocycles. The van der Waals surface area contributed by atoms with E-state index in [4.69, 9.17) is 30.5 Å². The first-order chi connectivity index (χ1) is 19.3. The summed E-state index contributed by atoms with van der Waals surface area (Å²) in [5.74, 6) is -1.02. The average Bonchev–Trinajstić information content (AvgIpc) is 2.88. The van der Waals surface area contributed by atoms with Gasteiger partial charge >= 0.3 is 6.18 Å². The van der Waals surface area contributed by atoms with Gasteiger partial charge < -0.3 is 18.9 Å². The van der Waals surface area contributed by atoms with Gasteiger partial charge in [-0.15, -0.1) is 0 Å². The second-order valence-corrected chi connectivity index (χ2v) is 11.1. The highest BCUT2D eigenvalue weighted by Gasteiger charge is 2.32. The Labute approximate surface area is 243 Å². The van der Waals surface area contributed by atoms with Crippen molar-refractivity contribution in [2.24, 2.45) is 0 Å². The largest absolute Gasteiger partial charge is 0.488 e. The van der Waals surface area contributed by atoms with Gasteiger partial charge in [0.05, 0.1) is 31.1 Å². The molecule has 1 N–H and O–H groups in total. The van der Waals surface area contributed by atoms with Crippen LogP contribution < -0.4 is 14.2 Å². The number of nitrogens with zero attached hydrogens (tertiary/aromatic N) is 1. The standard InChI is InChI=1S/C27H34ClF3N2O7S/c1-4-6-7-14-41(35,36)33-25(34)11-9-20-8-10-22(39-19(3)18-38-13-12-37-5-2)16-24(20)40-26-23(28)15-21(17-32-26)27(29,30)31/h8-11,15-17,19H,4-7,12-14,18H2,1-3H3,(H,33,34)/b11-9+. The minimum Gasteiger partial charge on any atom is -0.488 e. The molecule has 2 aromatic rings. The van der Waals surface area contributed by atoms with Gasteiger partial charge in [-0.05, 0) is 44.5 Å². The summed E-state index contributed by atoms with van der Waals surface area (Å²) in [6.45, 7) is 7.23. The molecular weight excluding hydrogens is 589 g/mol. The lowest BCUT2D eigenvalue weighted by molar-refractivity contribution is -0.137. The zero-order chi connectivity index (χ0) is 30.5. The third kappa shape index (κ3) is 12.7. The molecule has 1 aromatic carbocycles. The van der Waals surface area contributed by atoms with Gasteiger partial charge in [0.1, 0.15) is 22.6 Å². The Morgan fingerprint density at radius 3 is 2.54 bits per heavy atom. The van der Waals surface area contributed by atoms with Crippen molar-refractivity contribution in [1.29, 1.82) is 0 Å². The van der Waals surface area contributed by atoms with Crippen molar-refractivity contribution >= 4 is 33.6 Å². The van der Waals surface area contributed by atoms with Gasteiger partial charge in [0.25, 0.3) is 5.91 Å². The van der Waals surface area contributed by atoms with Crippen LogP contribution in [0.1, 0.15) is 51.2 Å². The van der Waals surface area contributed by atoms with Gasteiger partial charge in [-0.2, -0.15) is 13.2 Å². The Balaban J connectivity index is 2.25. The summed E-state index contributed by atoms with van der Waals surface area (Å²) in [4.78, 5) is 16.0. The van der Waals surface area contributed by atoms with E-state index in [1.807, 2.05) is 18.6 Å². The van der Waals surface area contributed by atoms with E-state index < -0.39 is 32.7 Å². The predicted octanol–water partition coefficient (Wildman–Crippen LogP) is 6.02. The molecule has 0 bridgehead atoms. The van der Waals surface area contributed by atoms with Crippen molar-refractivity contribution in [1.82, 2.24) is 9.71 Å². The molecular formula is C27H34ClF3N2O7S. The fourth-order valence-electron chi connectivity index (χ4n) is 3.30. The molecule has 0 saturated heterocycles. The fourth-order valence-corrected chi connectivity index (χ4v) is 4.56. The fraction of sp³-hybridized carbons (Fsp3) is 0.481. The molecule has 0 aliphatic carbocycles. The SMILES string of the molecule is CCCCCS(=O)(=O)NC(=O)/C=C/c1ccc(OC(C)COCCOCC)cc1Oc1ncc(C(F)(F)F)cc1Cl. The summed E-state index contributed by atoms with van der Waals surface area (Å²) in [5, 5.41) is -0.395. The average molecular weight is 623 g/mol. The zero-order valence-electron chi connectivity index (χ0n) is 23.0. The summed E-state index contributed by atoms with van der Waals surface area (Å²) in [6, 6.07) is 5.21. The van der Waals surface area contributed by atoms with E-state index in [0.29, 0.717) is 50.7 Å². The van der Waals surface area contributed by atoms with Crippen LogP contribution in [0.4, 0.5) is 13.2 Å². The summed E-state index contributed by atoms with van der Waals surface area (Å²) >= 11 is 6.01. The second-order valence-electron chi connectivity index (χ2n) is 8.84. The van der Waals surface area contributed by atoms with Crippen molar-refractivity contribution in [3.63, 3.8) is 0 Å². The van der Waals surface area contributed by atoms with E-state index in [1.54, 1.807) is 13.0 Å². The van der Waals surface area contributed by atoms with Crippen LogP contribution in [0.15, 0.2) is 36.5 Å². The number of carbonyl (C=O) groups excluding carboxylic acids is 1. The molecule has 0 aliphatic rings. The van der Waals surface area contributed by atoms with Crippen LogP contribution in [-0.4, -0.2) is 57.6 Å². The highest BCUT2D eigenvalue weighted by Crippen LogP contribution is 2.36. The van der Waals surface area contributed by atoms with Crippen LogP contribution in [0, 0.1) is 0 Å². The first kappa shape index (κ1) is 34.3. The number of ether oxygens (including phenoxy) is 4. The third-order valence-corrected chi connectivity index (χ3v) is 6.89. The number of carbonyl (C=O) groups is 1. The van der Waals surface area contributed by atoms with Crippen molar-refractivity contribution in [2.45, 2.75) is 52.3 Å². The molecule has 1 amide bonds. The number of benzene rings is 1. The van der Waals surface area contributed by atoms with E-state index in [9.17, 15) is 26.4 Å². The maximum atomic E-state index is 13.0. The van der Waals surface area contributed by atoms with Crippen molar-refractivity contribution in [3.8, 4) is 17.4 Å². The summed E-state index contributed by atoms with van der Waals surface area (Å²) in [6.07, 6.45) is -0.230. The lowest BCUT2D eigenvalue weighted by Crippen LogP contribution is -2.31. The molecule has 9 nitrogen and oxygen atoms in total. The summed E-state index contributed by atoms with van der Waals surface area (Å²) < 4.78 is 87.6. The van der Waals surface area contributed by atoms with Crippen LogP contribution in [0.25, 0.3) is 6.08 Å². The first-order valence-corrected chi connectivity index (χ1v) is 15.0. The van der Waals surface area contributed by atoms with Crippen LogP contribution in [0.2, 0.25) is 5.02 Å². The predicted molar refractivity (Wildman–Crippen MR) is 149 cm³/mol. The van der Waals surface area contributed by atoms with Crippen molar-refractivity contribution in [2.75, 3.05) is 32.2 Å². The molecule has 41 heavy (non-hydrogen) atoms. The molecule has 228 valence electrons. The number of pyridine rings is 1. The Bertz CT molecular complexity index is 1270. The number of nitrogens with one attached hydrogen (secondary N) is 1. The number of aromatic nitrogens is 1. The molecule has 0 spiro atoms. The van der Waals surface area contributed by atoms with Crippen molar-refractivity contribution < 1.29 is 45.3 Å². The van der Waals surface area contributed by atoms with E-state index in [-0.39, 0.29) is 35.7 Å². The van der Waals surface area contributed by atoms with Gasteiger partial charge in [-0.3, -0.25) is 4.79 Å². The summed E-state index contributed by atoms with van der Waals surface area (Å²) in [7, 11) is -3.81. The molecule has 0 fully saturated rings. The number of sulfonamides is 1. The van der Waals surface area contributed by atoms with Crippen LogP contribution in [0.3, 0.4) is 0 Å². The smallest absolute Gasteiger partial charge is 0.417 e. The maximum absolute atomic E-state index is 13.0. The Hall–Kier alpha value is -2.87. The van der Waals surface area contributed by atoms with E-state index in [0.717, 1.165) is 12.5 Å². The number of rotatable bonds is 17. The maximum Gasteiger partial charge on any atom is 0.417 e. The second kappa shape index (κ2) is 16.5. The van der Waals surface area contributed by atoms with E-state index >= 15 is 0 Å². The number of hydrogen-bond donors (Lipinski definition) is 1. The number of hydrogen-bond acceptors (Lipinski definition) is 8. The Kier molecular flexibility index (Phi) is 13.9. The summed E-state index contributed by atoms with van der Waals surface area (Å²) in [5.41, 5.74) is -0.781. The van der Waals surface area contributed by atoms with Gasteiger partial charge in [0, 0.05) is 30.5 Å². The monoisotopic (exact) mass is 622 g/mol. The molecule has 2 rings (SSSR count). The molecule has 1 unspecified atom stereocenters. The van der Waals surface area contributed by atoms with Gasteiger partial charge in [-0.25, -0.2) is 18.1 Å². The number of halogens is 4. The normalized spacial score (nSPS) is 12.9. The number of amides is 1. The van der Waals surface area contributed by atoms with Crippen LogP contribution in [0.5, 0.6) is 17.4 Å². The molecule has 1 aromatic heterocycles. The minimum absolute atomic E-state index is 0.0379. The Morgan fingerprint density at radius 1 is 1.15 bits per heavy atom. The van der Waals surface area contributed by atoms with Crippen LogP contribution in [-0.2, 0) is 30.5 Å². The lowest BCUT2D eigenvalue weighted by Gasteiger charge is -2.17. The van der Waals surface area contributed by atoms with Gasteiger partial charge in [0.15, 0.2) is 0 Å². The van der Waals surface area contributed by atoms with Crippen LogP contribution >= 0.6 is 11.6 Å². The first-order valence-electron chi connectivity index (χ1n) is 12.9. The van der Waals surface area contributed by atoms with Crippen molar-refractivity contribution in [3.05, 3.63) is 52.7 Å². The molecule has 14 heteroatoms. The lowest BCUT2D eigenvalue weighted by atomic mass is 10.1. The number of unbranched alkanes of at least 4 members (excludes halogenated alkanes) is 2. The quantitative estimate of drug-likeness (QED) is 0.168. The van der Waals surface area contributed by atoms with Gasteiger partial charge in [0.2, 0.25) is 15.9 Å². The molecule has 1 atom stereocenters. The molecule has 1 heterocycles. The van der Waals surface area contributed by atoms with E-state index in [2.05, 4.69) is 4.98 Å². The Morgan fingerprint density at radius 2 is 1.88 bits per heavy atom. The molecule has 0 aliphatic heterocycles. The molecule has 0 radical (unpaired) electrons. The third-order valence-electron chi connectivity index (χ3n) is 5.28.